The molecule has 15 heteroatoms. The summed E-state index contributed by atoms with van der Waals surface area (Å²) in [4.78, 5) is 51.3. The first-order valence-corrected chi connectivity index (χ1v) is 12.8. The Balaban J connectivity index is 1.48. The number of nitrogens with zero attached hydrogens (tertiary/aromatic N) is 5. The van der Waals surface area contributed by atoms with Gasteiger partial charge in [-0.05, 0) is 22.9 Å². The third-order valence-electron chi connectivity index (χ3n) is 5.69. The Morgan fingerprint density at radius 1 is 1.33 bits per heavy atom. The number of Topliss-reactive ketones (excluding diaryl/α,β-unsaturated/α-hetero) is 1. The van der Waals surface area contributed by atoms with Crippen LogP contribution in [-0.4, -0.2) is 87.9 Å². The second-order valence-corrected chi connectivity index (χ2v) is 10.2. The lowest BCUT2D eigenvalue weighted by atomic mass is 9.95. The molecule has 4 atom stereocenters. The minimum atomic E-state index is -1.72. The number of carbonyl (C=O) groups excluding carboxylic acids is 3. The molecule has 2 unspecified atom stereocenters. The summed E-state index contributed by atoms with van der Waals surface area (Å²) in [7, 11) is 1.66. The molecule has 0 radical (unpaired) electrons. The molecule has 2 aliphatic heterocycles. The highest BCUT2D eigenvalue weighted by molar-refractivity contribution is 8.01. The topological polar surface area (TPSA) is 194 Å². The molecule has 1 saturated heterocycles. The van der Waals surface area contributed by atoms with Gasteiger partial charge < -0.3 is 21.3 Å². The van der Waals surface area contributed by atoms with Crippen molar-refractivity contribution in [3.63, 3.8) is 0 Å². The van der Waals surface area contributed by atoms with Crippen molar-refractivity contribution in [1.29, 1.82) is 0 Å². The Hall–Kier alpha value is -3.27. The van der Waals surface area contributed by atoms with Crippen LogP contribution in [0.5, 0.6) is 0 Å². The van der Waals surface area contributed by atoms with E-state index < -0.39 is 47.1 Å². The number of hydrogen-bond acceptors (Lipinski definition) is 11. The van der Waals surface area contributed by atoms with Gasteiger partial charge >= 0.3 is 5.97 Å². The van der Waals surface area contributed by atoms with Crippen molar-refractivity contribution in [3.05, 3.63) is 46.7 Å². The van der Waals surface area contributed by atoms with Crippen LogP contribution in [0.1, 0.15) is 28.9 Å². The average Bonchev–Trinajstić information content (AvgIpc) is 3.28. The molecule has 36 heavy (non-hydrogen) atoms. The van der Waals surface area contributed by atoms with E-state index in [1.54, 1.807) is 19.2 Å². The van der Waals surface area contributed by atoms with Gasteiger partial charge in [0.05, 0.1) is 6.04 Å². The second-order valence-electron chi connectivity index (χ2n) is 8.17. The first-order chi connectivity index (χ1) is 17.1. The Morgan fingerprint density at radius 3 is 2.69 bits per heavy atom. The van der Waals surface area contributed by atoms with Crippen LogP contribution >= 0.6 is 23.5 Å². The number of nitrogens with one attached hydrogen (secondary N) is 1. The third-order valence-corrected chi connectivity index (χ3v) is 8.12. The van der Waals surface area contributed by atoms with E-state index in [-0.39, 0.29) is 22.6 Å². The van der Waals surface area contributed by atoms with Crippen LogP contribution in [0.2, 0.25) is 0 Å². The van der Waals surface area contributed by atoms with E-state index in [1.807, 2.05) is 0 Å². The highest BCUT2D eigenvalue weighted by atomic mass is 32.2. The predicted molar refractivity (Wildman–Crippen MR) is 129 cm³/mol. The number of ketones is 1. The number of carboxylic acid groups (broad SMARTS) is 1. The molecule has 0 saturated carbocycles. The zero-order valence-electron chi connectivity index (χ0n) is 19.2. The summed E-state index contributed by atoms with van der Waals surface area (Å²) in [5.74, 6) is -2.60. The fourth-order valence-corrected chi connectivity index (χ4v) is 6.20. The Kier molecular flexibility index (Phi) is 7.44. The number of aryl methyl sites for hydroxylation is 1. The zero-order valence-corrected chi connectivity index (χ0v) is 20.8. The fourth-order valence-electron chi connectivity index (χ4n) is 3.87. The summed E-state index contributed by atoms with van der Waals surface area (Å²) in [5.41, 5.74) is 6.25. The lowest BCUT2D eigenvalue weighted by molar-refractivity contribution is -0.151. The smallest absolute Gasteiger partial charge is 0.352 e. The fraction of sp³-hybridized carbons (Fsp3) is 0.381. The minimum absolute atomic E-state index is 0.0703. The number of carboxylic acids is 1. The minimum Gasteiger partial charge on any atom is -0.477 e. The van der Waals surface area contributed by atoms with Gasteiger partial charge in [-0.2, -0.15) is 0 Å². The molecule has 1 aromatic carbocycles. The Bertz CT molecular complexity index is 1260. The second kappa shape index (κ2) is 10.4. The number of thioether (sulfide) groups is 2. The number of nitrogens with two attached hydrogens (primary N) is 1. The lowest BCUT2D eigenvalue weighted by Gasteiger charge is -2.49. The highest BCUT2D eigenvalue weighted by Gasteiger charge is 2.54. The van der Waals surface area contributed by atoms with Crippen LogP contribution in [0.25, 0.3) is 0 Å². The lowest BCUT2D eigenvalue weighted by Crippen LogP contribution is -2.70. The van der Waals surface area contributed by atoms with E-state index in [9.17, 15) is 29.4 Å². The molecule has 13 nitrogen and oxygen atoms in total. The number of carbonyl (C=O) groups is 4. The van der Waals surface area contributed by atoms with Crippen molar-refractivity contribution in [1.82, 2.24) is 30.4 Å². The quantitative estimate of drug-likeness (QED) is 0.180. The van der Waals surface area contributed by atoms with E-state index >= 15 is 0 Å². The molecule has 2 aromatic rings. The van der Waals surface area contributed by atoms with Gasteiger partial charge in [-0.1, -0.05) is 36.0 Å². The molecule has 3 heterocycles. The van der Waals surface area contributed by atoms with Crippen molar-refractivity contribution < 1.29 is 29.4 Å². The van der Waals surface area contributed by atoms with Gasteiger partial charge in [-0.25, -0.2) is 9.48 Å². The van der Waals surface area contributed by atoms with Gasteiger partial charge in [0.25, 0.3) is 11.8 Å². The third kappa shape index (κ3) is 4.74. The number of rotatable bonds is 9. The molecule has 0 spiro atoms. The largest absolute Gasteiger partial charge is 0.477 e. The van der Waals surface area contributed by atoms with E-state index in [4.69, 9.17) is 5.73 Å². The first-order valence-electron chi connectivity index (χ1n) is 10.7. The maximum atomic E-state index is 12.9. The summed E-state index contributed by atoms with van der Waals surface area (Å²) in [6, 6.07) is 4.20. The molecule has 2 aliphatic rings. The van der Waals surface area contributed by atoms with Crippen LogP contribution in [-0.2, 0) is 21.4 Å². The van der Waals surface area contributed by atoms with Crippen molar-refractivity contribution in [2.75, 3.05) is 11.5 Å². The van der Waals surface area contributed by atoms with E-state index in [1.165, 1.54) is 47.3 Å². The van der Waals surface area contributed by atoms with Crippen LogP contribution in [0.3, 0.4) is 0 Å². The number of tetrazole rings is 1. The summed E-state index contributed by atoms with van der Waals surface area (Å²) in [6.07, 6.45) is -1.72. The SMILES string of the molecule is C[C@H](N)C(=O)c1ccccc1C(O)C(=O)NC1C(=O)N2C(C(=O)O)=C(CSc3nnnn3C)CS[C@@H]12. The van der Waals surface area contributed by atoms with E-state index in [2.05, 4.69) is 20.8 Å². The summed E-state index contributed by atoms with van der Waals surface area (Å²) < 4.78 is 1.45. The molecule has 190 valence electrons. The van der Waals surface area contributed by atoms with Gasteiger partial charge in [-0.15, -0.1) is 16.9 Å². The number of fused-ring (bicyclic) bond motifs is 1. The first kappa shape index (κ1) is 25.8. The molecule has 5 N–H and O–H groups in total. The number of β-lactam (4-membered cyclic amide) rings is 1. The van der Waals surface area contributed by atoms with Gasteiger partial charge in [-0.3, -0.25) is 19.3 Å². The number of amides is 2. The van der Waals surface area contributed by atoms with E-state index in [0.717, 1.165) is 4.90 Å². The number of aliphatic hydroxyl groups excluding tert-OH is 1. The summed E-state index contributed by atoms with van der Waals surface area (Å²) in [5, 5.41) is 33.9. The molecular weight excluding hydrogens is 510 g/mol. The van der Waals surface area contributed by atoms with E-state index in [0.29, 0.717) is 16.5 Å². The van der Waals surface area contributed by atoms with Crippen LogP contribution in [0, 0.1) is 0 Å². The number of aliphatic hydroxyl groups is 1. The number of benzene rings is 1. The number of aromatic nitrogens is 4. The van der Waals surface area contributed by atoms with Crippen LogP contribution in [0.15, 0.2) is 40.7 Å². The van der Waals surface area contributed by atoms with Gasteiger partial charge in [0.2, 0.25) is 5.16 Å². The normalized spacial score (nSPS) is 20.9. The summed E-state index contributed by atoms with van der Waals surface area (Å²) in [6.45, 7) is 1.50. The molecule has 4 rings (SSSR count). The van der Waals surface area contributed by atoms with Crippen molar-refractivity contribution >= 4 is 47.1 Å². The number of hydrogen-bond donors (Lipinski definition) is 4. The molecule has 1 fully saturated rings. The monoisotopic (exact) mass is 533 g/mol. The van der Waals surface area contributed by atoms with Crippen molar-refractivity contribution in [2.45, 2.75) is 35.6 Å². The molecule has 0 bridgehead atoms. The number of aliphatic carboxylic acids is 1. The Labute approximate surface area is 213 Å². The highest BCUT2D eigenvalue weighted by Crippen LogP contribution is 2.41. The standard InChI is InChI=1S/C21H23N7O6S2/c1-9(22)15(29)11-5-3-4-6-12(11)16(30)17(31)23-13-18(32)28-14(20(33)34)10(7-35-19(13)28)8-36-21-24-25-26-27(21)2/h3-6,9,13,16,19,30H,7-8,22H2,1-2H3,(H,23,31)(H,33,34)/t9-,13?,16?,19-/m0/s1. The van der Waals surface area contributed by atoms with Gasteiger partial charge in [0.15, 0.2) is 11.9 Å². The van der Waals surface area contributed by atoms with Crippen LogP contribution < -0.4 is 11.1 Å². The predicted octanol–water partition coefficient (Wildman–Crippen LogP) is -0.696. The van der Waals surface area contributed by atoms with Gasteiger partial charge in [0, 0.05) is 29.7 Å². The maximum Gasteiger partial charge on any atom is 0.352 e. The van der Waals surface area contributed by atoms with Crippen molar-refractivity contribution in [2.24, 2.45) is 12.8 Å². The maximum absolute atomic E-state index is 12.9. The Morgan fingerprint density at radius 2 is 2.06 bits per heavy atom. The molecule has 1 aromatic heterocycles. The molecule has 0 aliphatic carbocycles. The average molecular weight is 534 g/mol. The molecular formula is C21H23N7O6S2. The summed E-state index contributed by atoms with van der Waals surface area (Å²) >= 11 is 2.55. The molecule has 2 amide bonds. The van der Waals surface area contributed by atoms with Crippen molar-refractivity contribution in [3.8, 4) is 0 Å². The van der Waals surface area contributed by atoms with Gasteiger partial charge in [0.1, 0.15) is 17.1 Å². The van der Waals surface area contributed by atoms with Crippen LogP contribution in [0.4, 0.5) is 0 Å². The zero-order chi connectivity index (χ0) is 26.1.